The van der Waals surface area contributed by atoms with Crippen LogP contribution in [0.2, 0.25) is 0 Å². The van der Waals surface area contributed by atoms with Gasteiger partial charge in [0.2, 0.25) is 11.8 Å². The second-order valence-corrected chi connectivity index (χ2v) is 7.69. The number of hydrogen-bond donors (Lipinski definition) is 2. The molecular weight excluding hydrogens is 350 g/mol. The second kappa shape index (κ2) is 8.05. The third kappa shape index (κ3) is 3.88. The van der Waals surface area contributed by atoms with Gasteiger partial charge < -0.3 is 15.5 Å². The molecule has 0 spiro atoms. The molecule has 1 atom stereocenters. The van der Waals surface area contributed by atoms with E-state index < -0.39 is 0 Å². The number of carbonyl (C=O) groups excluding carboxylic acids is 2. The second-order valence-electron chi connectivity index (χ2n) is 7.69. The lowest BCUT2D eigenvalue weighted by Crippen LogP contribution is -2.24. The van der Waals surface area contributed by atoms with E-state index in [-0.39, 0.29) is 17.7 Å². The minimum Gasteiger partial charge on any atom is -0.372 e. The van der Waals surface area contributed by atoms with Gasteiger partial charge in [0, 0.05) is 48.9 Å². The van der Waals surface area contributed by atoms with Gasteiger partial charge >= 0.3 is 0 Å². The maximum absolute atomic E-state index is 12.3. The Bertz CT molecular complexity index is 870. The summed E-state index contributed by atoms with van der Waals surface area (Å²) in [7, 11) is 0. The van der Waals surface area contributed by atoms with E-state index in [0.717, 1.165) is 42.0 Å². The van der Waals surface area contributed by atoms with Crippen molar-refractivity contribution in [2.45, 2.75) is 44.9 Å². The minimum atomic E-state index is -0.00126. The first-order valence-corrected chi connectivity index (χ1v) is 10.2. The van der Waals surface area contributed by atoms with Crippen LogP contribution in [-0.2, 0) is 9.59 Å². The summed E-state index contributed by atoms with van der Waals surface area (Å²) in [5.74, 6) is 0.0496. The van der Waals surface area contributed by atoms with Crippen LogP contribution in [0.25, 0.3) is 0 Å². The third-order valence-electron chi connectivity index (χ3n) is 5.62. The predicted molar refractivity (Wildman–Crippen MR) is 113 cm³/mol. The molecule has 5 heteroatoms. The summed E-state index contributed by atoms with van der Waals surface area (Å²) in [6, 6.07) is 14.5. The number of rotatable bonds is 5. The molecule has 0 aromatic heterocycles. The molecule has 0 bridgehead atoms. The molecule has 5 nitrogen and oxygen atoms in total. The van der Waals surface area contributed by atoms with Crippen molar-refractivity contribution >= 4 is 28.9 Å². The van der Waals surface area contributed by atoms with Crippen LogP contribution in [0.5, 0.6) is 0 Å². The van der Waals surface area contributed by atoms with Gasteiger partial charge in [-0.2, -0.15) is 0 Å². The number of carbonyl (C=O) groups is 2. The van der Waals surface area contributed by atoms with Gasteiger partial charge in [0.25, 0.3) is 0 Å². The number of amides is 2. The zero-order valence-electron chi connectivity index (χ0n) is 16.3. The van der Waals surface area contributed by atoms with Crippen LogP contribution < -0.4 is 15.5 Å². The summed E-state index contributed by atoms with van der Waals surface area (Å²) >= 11 is 0. The molecule has 2 aliphatic rings. The topological polar surface area (TPSA) is 61.4 Å². The van der Waals surface area contributed by atoms with E-state index >= 15 is 0 Å². The van der Waals surface area contributed by atoms with Gasteiger partial charge in [0.1, 0.15) is 0 Å². The van der Waals surface area contributed by atoms with Crippen molar-refractivity contribution in [3.63, 3.8) is 0 Å². The van der Waals surface area contributed by atoms with Crippen molar-refractivity contribution in [2.75, 3.05) is 28.6 Å². The van der Waals surface area contributed by atoms with Crippen molar-refractivity contribution in [3.05, 3.63) is 53.6 Å². The first-order chi connectivity index (χ1) is 13.6. The monoisotopic (exact) mass is 377 g/mol. The van der Waals surface area contributed by atoms with Gasteiger partial charge in [-0.15, -0.1) is 0 Å². The fourth-order valence-corrected chi connectivity index (χ4v) is 4.18. The molecule has 2 N–H and O–H groups in total. The van der Waals surface area contributed by atoms with Crippen molar-refractivity contribution < 1.29 is 9.59 Å². The lowest BCUT2D eigenvalue weighted by Gasteiger charge is -2.27. The van der Waals surface area contributed by atoms with E-state index in [0.29, 0.717) is 12.8 Å². The van der Waals surface area contributed by atoms with Crippen molar-refractivity contribution in [2.24, 2.45) is 0 Å². The lowest BCUT2D eigenvalue weighted by atomic mass is 9.84. The van der Waals surface area contributed by atoms with Crippen molar-refractivity contribution in [1.29, 1.82) is 0 Å². The summed E-state index contributed by atoms with van der Waals surface area (Å²) < 4.78 is 0. The quantitative estimate of drug-likeness (QED) is 0.806. The van der Waals surface area contributed by atoms with Crippen LogP contribution in [0, 0.1) is 0 Å². The lowest BCUT2D eigenvalue weighted by molar-refractivity contribution is -0.117. The molecule has 2 aromatic rings. The van der Waals surface area contributed by atoms with E-state index in [2.05, 4.69) is 39.8 Å². The summed E-state index contributed by atoms with van der Waals surface area (Å²) in [5, 5.41) is 5.87. The largest absolute Gasteiger partial charge is 0.372 e. The van der Waals surface area contributed by atoms with E-state index in [1.807, 2.05) is 25.1 Å². The van der Waals surface area contributed by atoms with Crippen LogP contribution in [0.3, 0.4) is 0 Å². The first-order valence-electron chi connectivity index (χ1n) is 10.2. The summed E-state index contributed by atoms with van der Waals surface area (Å²) in [5.41, 5.74) is 5.03. The highest BCUT2D eigenvalue weighted by Gasteiger charge is 2.27. The van der Waals surface area contributed by atoms with Gasteiger partial charge in [-0.1, -0.05) is 25.1 Å². The molecular formula is C23H27N3O2. The third-order valence-corrected chi connectivity index (χ3v) is 5.62. The number of hydrogen-bond acceptors (Lipinski definition) is 3. The number of anilines is 3. The van der Waals surface area contributed by atoms with Crippen molar-refractivity contribution in [3.8, 4) is 0 Å². The van der Waals surface area contributed by atoms with Gasteiger partial charge in [0.05, 0.1) is 0 Å². The van der Waals surface area contributed by atoms with Crippen molar-refractivity contribution in [1.82, 2.24) is 0 Å². The SMILES string of the molecule is CCCC(=O)Nc1ccc2c(c1)NC(=O)CC2c1ccc(N2CCCC2)cc1. The van der Waals surface area contributed by atoms with Gasteiger partial charge in [0.15, 0.2) is 0 Å². The van der Waals surface area contributed by atoms with Crippen LogP contribution in [0.4, 0.5) is 17.1 Å². The first kappa shape index (κ1) is 18.5. The van der Waals surface area contributed by atoms with E-state index in [4.69, 9.17) is 0 Å². The van der Waals surface area contributed by atoms with Gasteiger partial charge in [-0.05, 0) is 54.7 Å². The summed E-state index contributed by atoms with van der Waals surface area (Å²) in [6.45, 7) is 4.23. The van der Waals surface area contributed by atoms with Crippen LogP contribution in [-0.4, -0.2) is 24.9 Å². The van der Waals surface area contributed by atoms with Gasteiger partial charge in [-0.25, -0.2) is 0 Å². The number of nitrogens with zero attached hydrogens (tertiary/aromatic N) is 1. The highest BCUT2D eigenvalue weighted by atomic mass is 16.2. The Morgan fingerprint density at radius 2 is 1.89 bits per heavy atom. The zero-order chi connectivity index (χ0) is 19.5. The van der Waals surface area contributed by atoms with Crippen LogP contribution in [0.1, 0.15) is 56.1 Å². The molecule has 0 aliphatic carbocycles. The highest BCUT2D eigenvalue weighted by Crippen LogP contribution is 2.39. The molecule has 4 rings (SSSR count). The predicted octanol–water partition coefficient (Wildman–Crippen LogP) is 4.50. The summed E-state index contributed by atoms with van der Waals surface area (Å²) in [6.07, 6.45) is 4.26. The van der Waals surface area contributed by atoms with Crippen LogP contribution >= 0.6 is 0 Å². The normalized spacial score (nSPS) is 18.5. The molecule has 1 saturated heterocycles. The Balaban J connectivity index is 1.57. The molecule has 2 heterocycles. The molecule has 0 saturated carbocycles. The number of nitrogens with one attached hydrogen (secondary N) is 2. The number of fused-ring (bicyclic) bond motifs is 1. The Morgan fingerprint density at radius 1 is 1.14 bits per heavy atom. The van der Waals surface area contributed by atoms with E-state index in [1.54, 1.807) is 0 Å². The number of benzene rings is 2. The van der Waals surface area contributed by atoms with Gasteiger partial charge in [-0.3, -0.25) is 9.59 Å². The van der Waals surface area contributed by atoms with Crippen LogP contribution in [0.15, 0.2) is 42.5 Å². The summed E-state index contributed by atoms with van der Waals surface area (Å²) in [4.78, 5) is 26.6. The fraction of sp³-hybridized carbons (Fsp3) is 0.391. The maximum Gasteiger partial charge on any atom is 0.225 e. The standard InChI is InChI=1S/C23H27N3O2/c1-2-5-22(27)24-17-8-11-19-20(15-23(28)25-21(19)14-17)16-6-9-18(10-7-16)26-12-3-4-13-26/h6-11,14,20H,2-5,12-13,15H2,1H3,(H,24,27)(H,25,28). The molecule has 1 fully saturated rings. The maximum atomic E-state index is 12.3. The molecule has 1 unspecified atom stereocenters. The highest BCUT2D eigenvalue weighted by molar-refractivity contribution is 5.97. The molecule has 2 aromatic carbocycles. The van der Waals surface area contributed by atoms with E-state index in [1.165, 1.54) is 18.5 Å². The molecule has 2 amide bonds. The molecule has 28 heavy (non-hydrogen) atoms. The Hall–Kier alpha value is -2.82. The Kier molecular flexibility index (Phi) is 5.33. The minimum absolute atomic E-state index is 0.00126. The average Bonchev–Trinajstić information content (AvgIpc) is 3.22. The van der Waals surface area contributed by atoms with E-state index in [9.17, 15) is 9.59 Å². The molecule has 0 radical (unpaired) electrons. The average molecular weight is 377 g/mol. The fourth-order valence-electron chi connectivity index (χ4n) is 4.18. The Labute approximate surface area is 166 Å². The molecule has 2 aliphatic heterocycles. The smallest absolute Gasteiger partial charge is 0.225 e. The molecule has 146 valence electrons. The zero-order valence-corrected chi connectivity index (χ0v) is 16.3. The Morgan fingerprint density at radius 3 is 2.61 bits per heavy atom.